The lowest BCUT2D eigenvalue weighted by Crippen LogP contribution is -1.98. The summed E-state index contributed by atoms with van der Waals surface area (Å²) in [6.45, 7) is 2.07. The van der Waals surface area contributed by atoms with E-state index in [1.165, 1.54) is 0 Å². The zero-order chi connectivity index (χ0) is 15.8. The molecule has 21 heavy (non-hydrogen) atoms. The predicted octanol–water partition coefficient (Wildman–Crippen LogP) is 4.41. The Morgan fingerprint density at radius 2 is 1.81 bits per heavy atom. The van der Waals surface area contributed by atoms with Crippen molar-refractivity contribution in [2.75, 3.05) is 0 Å². The molecule has 3 nitrogen and oxygen atoms in total. The number of hydrogen-bond donors (Lipinski definition) is 2. The molecule has 0 spiro atoms. The summed E-state index contributed by atoms with van der Waals surface area (Å²) >= 11 is 0. The minimum absolute atomic E-state index is 0.257. The molecule has 1 atom stereocenters. The summed E-state index contributed by atoms with van der Waals surface area (Å²) in [6, 6.07) is 0. The lowest BCUT2D eigenvalue weighted by molar-refractivity contribution is -0.137. The van der Waals surface area contributed by atoms with Gasteiger partial charge in [0.1, 0.15) is 0 Å². The van der Waals surface area contributed by atoms with E-state index in [2.05, 4.69) is 19.1 Å². The Morgan fingerprint density at radius 1 is 1.05 bits per heavy atom. The van der Waals surface area contributed by atoms with E-state index in [1.54, 1.807) is 6.08 Å². The van der Waals surface area contributed by atoms with E-state index < -0.39 is 12.1 Å². The van der Waals surface area contributed by atoms with Crippen molar-refractivity contribution in [1.82, 2.24) is 0 Å². The van der Waals surface area contributed by atoms with Gasteiger partial charge in [0.25, 0.3) is 0 Å². The number of hydrogen-bond acceptors (Lipinski definition) is 2. The monoisotopic (exact) mass is 292 g/mol. The minimum atomic E-state index is -0.722. The van der Waals surface area contributed by atoms with Gasteiger partial charge in [-0.15, -0.1) is 0 Å². The minimum Gasteiger partial charge on any atom is -0.481 e. The van der Waals surface area contributed by atoms with Gasteiger partial charge in [0, 0.05) is 6.42 Å². The molecule has 0 saturated heterocycles. The molecule has 0 rings (SSSR count). The molecule has 0 aromatic carbocycles. The quantitative estimate of drug-likeness (QED) is 0.318. The van der Waals surface area contributed by atoms with Crippen molar-refractivity contribution in [1.29, 1.82) is 0 Å². The maximum atomic E-state index is 10.3. The second kappa shape index (κ2) is 14.8. The molecular weight excluding hydrogens is 264 g/mol. The molecule has 0 amide bonds. The largest absolute Gasteiger partial charge is 0.481 e. The average Bonchev–Trinajstić information content (AvgIpc) is 2.45. The summed E-state index contributed by atoms with van der Waals surface area (Å²) in [5.41, 5.74) is 0. The van der Waals surface area contributed by atoms with Crippen LogP contribution in [0.5, 0.6) is 0 Å². The van der Waals surface area contributed by atoms with Crippen LogP contribution in [0, 0.1) is 0 Å². The van der Waals surface area contributed by atoms with Crippen LogP contribution in [0.2, 0.25) is 0 Å². The number of allylic oxidation sites excluding steroid dienone is 6. The summed E-state index contributed by atoms with van der Waals surface area (Å²) < 4.78 is 0. The van der Waals surface area contributed by atoms with Gasteiger partial charge in [-0.05, 0) is 38.5 Å². The first-order valence-electron chi connectivity index (χ1n) is 7.70. The molecule has 3 heteroatoms. The Morgan fingerprint density at radius 3 is 2.52 bits per heavy atom. The van der Waals surface area contributed by atoms with Gasteiger partial charge in [0.15, 0.2) is 0 Å². The SMILES string of the molecule is CCC=CC=CC(O)CC=CCC=CCCCCC(=O)O. The zero-order valence-electron chi connectivity index (χ0n) is 12.9. The number of carboxylic acids is 1. The third-order valence-corrected chi connectivity index (χ3v) is 2.81. The lowest BCUT2D eigenvalue weighted by atomic mass is 10.1. The molecule has 0 aliphatic rings. The smallest absolute Gasteiger partial charge is 0.303 e. The Kier molecular flexibility index (Phi) is 13.7. The van der Waals surface area contributed by atoms with Crippen LogP contribution in [-0.2, 0) is 4.79 Å². The van der Waals surface area contributed by atoms with Crippen molar-refractivity contribution in [3.8, 4) is 0 Å². The molecule has 0 aromatic heterocycles. The van der Waals surface area contributed by atoms with Crippen molar-refractivity contribution in [3.05, 3.63) is 48.6 Å². The van der Waals surface area contributed by atoms with Crippen LogP contribution in [0.4, 0.5) is 0 Å². The fraction of sp³-hybridized carbons (Fsp3) is 0.500. The summed E-state index contributed by atoms with van der Waals surface area (Å²) in [7, 11) is 0. The van der Waals surface area contributed by atoms with E-state index >= 15 is 0 Å². The number of unbranched alkanes of at least 4 members (excludes halogenated alkanes) is 2. The number of carboxylic acid groups (broad SMARTS) is 1. The van der Waals surface area contributed by atoms with E-state index in [1.807, 2.05) is 30.4 Å². The fourth-order valence-corrected chi connectivity index (χ4v) is 1.65. The van der Waals surface area contributed by atoms with Crippen LogP contribution in [0.15, 0.2) is 48.6 Å². The highest BCUT2D eigenvalue weighted by Crippen LogP contribution is 2.02. The highest BCUT2D eigenvalue weighted by molar-refractivity contribution is 5.66. The first kappa shape index (κ1) is 19.4. The molecule has 0 fully saturated rings. The fourth-order valence-electron chi connectivity index (χ4n) is 1.65. The van der Waals surface area contributed by atoms with Gasteiger partial charge in [-0.3, -0.25) is 4.79 Å². The molecule has 0 bridgehead atoms. The third kappa shape index (κ3) is 16.3. The van der Waals surface area contributed by atoms with E-state index in [0.29, 0.717) is 6.42 Å². The number of rotatable bonds is 12. The van der Waals surface area contributed by atoms with Gasteiger partial charge in [-0.1, -0.05) is 55.5 Å². The highest BCUT2D eigenvalue weighted by atomic mass is 16.4. The molecule has 1 unspecified atom stereocenters. The molecule has 0 aliphatic heterocycles. The molecule has 0 heterocycles. The third-order valence-electron chi connectivity index (χ3n) is 2.81. The lowest BCUT2D eigenvalue weighted by Gasteiger charge is -1.98. The van der Waals surface area contributed by atoms with Crippen molar-refractivity contribution < 1.29 is 15.0 Å². The van der Waals surface area contributed by atoms with Gasteiger partial charge in [0.2, 0.25) is 0 Å². The summed E-state index contributed by atoms with van der Waals surface area (Å²) in [5.74, 6) is -0.722. The van der Waals surface area contributed by atoms with Crippen molar-refractivity contribution in [2.45, 2.75) is 58.0 Å². The standard InChI is InChI=1S/C18H28O3/c1-2-3-4-11-14-17(19)15-12-9-7-5-6-8-10-13-16-18(20)21/h3-6,9,11-12,14,17,19H,2,7-8,10,13,15-16H2,1H3,(H,20,21). The number of aliphatic carboxylic acids is 1. The van der Waals surface area contributed by atoms with Crippen LogP contribution < -0.4 is 0 Å². The normalized spacial score (nSPS) is 14.0. The van der Waals surface area contributed by atoms with Gasteiger partial charge in [-0.2, -0.15) is 0 Å². The first-order chi connectivity index (χ1) is 10.2. The number of aliphatic hydroxyl groups excluding tert-OH is 1. The van der Waals surface area contributed by atoms with Crippen LogP contribution in [-0.4, -0.2) is 22.3 Å². The zero-order valence-corrected chi connectivity index (χ0v) is 12.9. The van der Waals surface area contributed by atoms with Crippen molar-refractivity contribution in [2.24, 2.45) is 0 Å². The van der Waals surface area contributed by atoms with Crippen LogP contribution >= 0.6 is 0 Å². The Bertz CT molecular complexity index is 365. The summed E-state index contributed by atoms with van der Waals surface area (Å²) in [4.78, 5) is 10.3. The van der Waals surface area contributed by atoms with E-state index in [-0.39, 0.29) is 6.42 Å². The Labute approximate surface area is 128 Å². The van der Waals surface area contributed by atoms with Gasteiger partial charge in [0.05, 0.1) is 6.10 Å². The second-order valence-electron chi connectivity index (χ2n) is 4.84. The van der Waals surface area contributed by atoms with Crippen LogP contribution in [0.1, 0.15) is 51.9 Å². The van der Waals surface area contributed by atoms with Gasteiger partial charge < -0.3 is 10.2 Å². The van der Waals surface area contributed by atoms with Crippen LogP contribution in [0.25, 0.3) is 0 Å². The van der Waals surface area contributed by atoms with E-state index in [4.69, 9.17) is 5.11 Å². The Hall–Kier alpha value is -1.61. The molecule has 2 N–H and O–H groups in total. The maximum Gasteiger partial charge on any atom is 0.303 e. The second-order valence-corrected chi connectivity index (χ2v) is 4.84. The van der Waals surface area contributed by atoms with E-state index in [0.717, 1.165) is 32.1 Å². The topological polar surface area (TPSA) is 57.5 Å². The van der Waals surface area contributed by atoms with Crippen molar-refractivity contribution >= 4 is 5.97 Å². The molecule has 0 radical (unpaired) electrons. The average molecular weight is 292 g/mol. The molecule has 0 aliphatic carbocycles. The molecular formula is C18H28O3. The molecule has 0 saturated carbocycles. The summed E-state index contributed by atoms with van der Waals surface area (Å²) in [5, 5.41) is 18.1. The van der Waals surface area contributed by atoms with Gasteiger partial charge >= 0.3 is 5.97 Å². The molecule has 118 valence electrons. The Balaban J connectivity index is 3.56. The predicted molar refractivity (Wildman–Crippen MR) is 88.2 cm³/mol. The highest BCUT2D eigenvalue weighted by Gasteiger charge is 1.94. The summed E-state index contributed by atoms with van der Waals surface area (Å²) in [6.07, 6.45) is 20.7. The number of aliphatic hydroxyl groups is 1. The van der Waals surface area contributed by atoms with Crippen molar-refractivity contribution in [3.63, 3.8) is 0 Å². The van der Waals surface area contributed by atoms with Crippen LogP contribution in [0.3, 0.4) is 0 Å². The van der Waals surface area contributed by atoms with Gasteiger partial charge in [-0.25, -0.2) is 0 Å². The maximum absolute atomic E-state index is 10.3. The number of carbonyl (C=O) groups is 1. The molecule has 0 aromatic rings. The van der Waals surface area contributed by atoms with E-state index in [9.17, 15) is 9.90 Å². The first-order valence-corrected chi connectivity index (χ1v) is 7.70.